The monoisotopic (exact) mass is 292 g/mol. The highest BCUT2D eigenvalue weighted by atomic mass is 16.3. The fourth-order valence-electron chi connectivity index (χ4n) is 1.66. The summed E-state index contributed by atoms with van der Waals surface area (Å²) in [6.07, 6.45) is 8.92. The third kappa shape index (κ3) is 7.26. The van der Waals surface area contributed by atoms with Crippen molar-refractivity contribution in [3.05, 3.63) is 36.9 Å². The van der Waals surface area contributed by atoms with E-state index in [4.69, 9.17) is 5.11 Å². The first-order valence-electron chi connectivity index (χ1n) is 6.88. The van der Waals surface area contributed by atoms with E-state index in [1.54, 1.807) is 24.9 Å². The summed E-state index contributed by atoms with van der Waals surface area (Å²) in [5.74, 6) is 2.03. The number of rotatable bonds is 2. The fraction of sp³-hybridized carbons (Fsp3) is 0.500. The predicted octanol–water partition coefficient (Wildman–Crippen LogP) is 0.851. The number of β-amino-alcohol motifs (C(OH)–C–C–N with tert-alkyl or cyclic N) is 1. The average molecular weight is 292 g/mol. The lowest BCUT2D eigenvalue weighted by Crippen LogP contribution is -2.28. The number of hydrogen-bond donors (Lipinski definition) is 2. The van der Waals surface area contributed by atoms with E-state index in [0.29, 0.717) is 0 Å². The maximum Gasteiger partial charge on any atom is 0.102 e. The number of aliphatic hydroxyl groups is 1. The van der Waals surface area contributed by atoms with Crippen LogP contribution in [0, 0.1) is 6.92 Å². The molecule has 2 N–H and O–H groups in total. The molecule has 0 fully saturated rings. The third-order valence-corrected chi connectivity index (χ3v) is 2.81. The zero-order valence-corrected chi connectivity index (χ0v) is 12.9. The van der Waals surface area contributed by atoms with Gasteiger partial charge in [0.25, 0.3) is 0 Å². The highest BCUT2D eigenvalue weighted by Crippen LogP contribution is 1.98. The van der Waals surface area contributed by atoms with E-state index in [0.717, 1.165) is 31.3 Å². The number of aryl methyl sites for hydroxylation is 2. The summed E-state index contributed by atoms with van der Waals surface area (Å²) in [4.78, 5) is 16.8. The number of nitrogens with zero attached hydrogens (tertiary/aromatic N) is 5. The lowest BCUT2D eigenvalue weighted by molar-refractivity contribution is 0.256. The Balaban J connectivity index is 0.000000163. The normalized spacial score (nSPS) is 13.0. The van der Waals surface area contributed by atoms with Gasteiger partial charge in [-0.3, -0.25) is 4.99 Å². The molecule has 1 aliphatic rings. The van der Waals surface area contributed by atoms with Gasteiger partial charge in [-0.05, 0) is 13.8 Å². The highest BCUT2D eigenvalue weighted by molar-refractivity contribution is 5.81. The summed E-state index contributed by atoms with van der Waals surface area (Å²) in [7, 11) is 1.94. The Hall–Kier alpha value is -2.15. The molecule has 0 saturated heterocycles. The van der Waals surface area contributed by atoms with E-state index < -0.39 is 0 Å². The molecule has 0 spiro atoms. The van der Waals surface area contributed by atoms with Gasteiger partial charge in [0, 0.05) is 44.9 Å². The Morgan fingerprint density at radius 1 is 1.33 bits per heavy atom. The summed E-state index contributed by atoms with van der Waals surface area (Å²) in [6, 6.07) is 0. The van der Waals surface area contributed by atoms with Crippen molar-refractivity contribution >= 4 is 5.84 Å². The number of aromatic nitrogens is 4. The second-order valence-corrected chi connectivity index (χ2v) is 4.54. The quantitative estimate of drug-likeness (QED) is 0.859. The summed E-state index contributed by atoms with van der Waals surface area (Å²) >= 11 is 0. The number of aliphatic hydroxyl groups excluding tert-OH is 1. The smallest absolute Gasteiger partial charge is 0.102 e. The van der Waals surface area contributed by atoms with Gasteiger partial charge < -0.3 is 19.6 Å². The number of nitrogens with one attached hydrogen (secondary N) is 1. The maximum absolute atomic E-state index is 8.55. The summed E-state index contributed by atoms with van der Waals surface area (Å²) in [6.45, 7) is 6.73. The third-order valence-electron chi connectivity index (χ3n) is 2.81. The van der Waals surface area contributed by atoms with Crippen LogP contribution in [0.2, 0.25) is 0 Å². The molecule has 1 aliphatic heterocycles. The Morgan fingerprint density at radius 3 is 2.43 bits per heavy atom. The van der Waals surface area contributed by atoms with Gasteiger partial charge in [0.2, 0.25) is 0 Å². The SMILES string of the molecule is CC1=NCCN1CCO.Cc1ncc[nH]1.Cn1ccnc1. The van der Waals surface area contributed by atoms with Gasteiger partial charge in [0.1, 0.15) is 5.82 Å². The Bertz CT molecular complexity index is 459. The van der Waals surface area contributed by atoms with Crippen LogP contribution in [0.5, 0.6) is 0 Å². The molecule has 0 unspecified atom stereocenters. The number of hydrogen-bond acceptors (Lipinski definition) is 5. The second kappa shape index (κ2) is 9.71. The standard InChI is InChI=1S/C6H12N2O.2C4H6N2/c1-6-7-2-3-8(6)4-5-9;1-6-3-2-5-4-6;1-4-5-2-3-6-4/h9H,2-5H2,1H3;2-4H,1H3;2-3H,1H3,(H,5,6). The summed E-state index contributed by atoms with van der Waals surface area (Å²) in [5.41, 5.74) is 0. The van der Waals surface area contributed by atoms with Crippen LogP contribution in [0.15, 0.2) is 36.1 Å². The van der Waals surface area contributed by atoms with Crippen LogP contribution in [-0.4, -0.2) is 61.6 Å². The van der Waals surface area contributed by atoms with Gasteiger partial charge >= 0.3 is 0 Å². The van der Waals surface area contributed by atoms with E-state index in [1.807, 2.05) is 31.7 Å². The molecule has 116 valence electrons. The van der Waals surface area contributed by atoms with Crippen molar-refractivity contribution in [3.63, 3.8) is 0 Å². The molecule has 0 aliphatic carbocycles. The van der Waals surface area contributed by atoms with Crippen molar-refractivity contribution in [3.8, 4) is 0 Å². The second-order valence-electron chi connectivity index (χ2n) is 4.54. The van der Waals surface area contributed by atoms with Gasteiger partial charge in [-0.15, -0.1) is 0 Å². The van der Waals surface area contributed by atoms with Crippen LogP contribution in [0.4, 0.5) is 0 Å². The zero-order valence-electron chi connectivity index (χ0n) is 12.9. The van der Waals surface area contributed by atoms with Crippen LogP contribution in [0.25, 0.3) is 0 Å². The zero-order chi connectivity index (χ0) is 15.5. The van der Waals surface area contributed by atoms with Crippen molar-refractivity contribution < 1.29 is 5.11 Å². The topological polar surface area (TPSA) is 82.3 Å². The van der Waals surface area contributed by atoms with Crippen molar-refractivity contribution in [1.29, 1.82) is 0 Å². The van der Waals surface area contributed by atoms with Crippen LogP contribution in [-0.2, 0) is 7.05 Å². The first-order valence-corrected chi connectivity index (χ1v) is 6.88. The average Bonchev–Trinajstić information content (AvgIpc) is 3.18. The van der Waals surface area contributed by atoms with Crippen LogP contribution >= 0.6 is 0 Å². The minimum absolute atomic E-state index is 0.229. The number of aromatic amines is 1. The Labute approximate surface area is 125 Å². The molecular weight excluding hydrogens is 268 g/mol. The molecule has 7 nitrogen and oxygen atoms in total. The van der Waals surface area contributed by atoms with Gasteiger partial charge in [-0.2, -0.15) is 0 Å². The summed E-state index contributed by atoms with van der Waals surface area (Å²) < 4.78 is 1.89. The van der Waals surface area contributed by atoms with E-state index in [2.05, 4.69) is 24.8 Å². The predicted molar refractivity (Wildman–Crippen MR) is 83.2 cm³/mol. The Kier molecular flexibility index (Phi) is 7.81. The first kappa shape index (κ1) is 16.9. The molecule has 0 aromatic carbocycles. The van der Waals surface area contributed by atoms with Crippen LogP contribution in [0.3, 0.4) is 0 Å². The van der Waals surface area contributed by atoms with E-state index in [-0.39, 0.29) is 6.61 Å². The molecule has 21 heavy (non-hydrogen) atoms. The van der Waals surface area contributed by atoms with E-state index in [9.17, 15) is 0 Å². The molecule has 2 aromatic heterocycles. The number of aliphatic imine (C=N–C) groups is 1. The molecule has 2 aromatic rings. The minimum atomic E-state index is 0.229. The van der Waals surface area contributed by atoms with Crippen molar-refractivity contribution in [1.82, 2.24) is 24.4 Å². The lowest BCUT2D eigenvalue weighted by Gasteiger charge is -2.15. The number of H-pyrrole nitrogens is 1. The van der Waals surface area contributed by atoms with Gasteiger partial charge in [-0.25, -0.2) is 9.97 Å². The fourth-order valence-corrected chi connectivity index (χ4v) is 1.66. The molecule has 3 rings (SSSR count). The van der Waals surface area contributed by atoms with E-state index in [1.165, 1.54) is 0 Å². The van der Waals surface area contributed by atoms with Crippen LogP contribution < -0.4 is 0 Å². The highest BCUT2D eigenvalue weighted by Gasteiger charge is 2.09. The molecule has 0 bridgehead atoms. The van der Waals surface area contributed by atoms with Crippen molar-refractivity contribution in [2.45, 2.75) is 13.8 Å². The maximum atomic E-state index is 8.55. The minimum Gasteiger partial charge on any atom is -0.395 e. The first-order chi connectivity index (χ1) is 10.1. The molecule has 0 saturated carbocycles. The van der Waals surface area contributed by atoms with Crippen molar-refractivity contribution in [2.24, 2.45) is 12.0 Å². The molecule has 7 heteroatoms. The Morgan fingerprint density at radius 2 is 2.14 bits per heavy atom. The largest absolute Gasteiger partial charge is 0.395 e. The molecule has 0 amide bonds. The van der Waals surface area contributed by atoms with Gasteiger partial charge in [0.15, 0.2) is 0 Å². The van der Waals surface area contributed by atoms with E-state index >= 15 is 0 Å². The molecule has 0 radical (unpaired) electrons. The van der Waals surface area contributed by atoms with Crippen molar-refractivity contribution in [2.75, 3.05) is 26.2 Å². The molecule has 0 atom stereocenters. The lowest BCUT2D eigenvalue weighted by atomic mass is 10.5. The van der Waals surface area contributed by atoms with Gasteiger partial charge in [-0.1, -0.05) is 0 Å². The summed E-state index contributed by atoms with van der Waals surface area (Å²) in [5, 5.41) is 8.55. The molecule has 3 heterocycles. The molecular formula is C14H24N6O. The van der Waals surface area contributed by atoms with Gasteiger partial charge in [0.05, 0.1) is 25.3 Å². The number of imidazole rings is 2. The number of amidine groups is 1. The van der Waals surface area contributed by atoms with Crippen LogP contribution in [0.1, 0.15) is 12.7 Å².